The van der Waals surface area contributed by atoms with Gasteiger partial charge in [-0.25, -0.2) is 0 Å². The van der Waals surface area contributed by atoms with Crippen molar-refractivity contribution in [1.29, 1.82) is 0 Å². The van der Waals surface area contributed by atoms with E-state index in [1.807, 2.05) is 50.2 Å². The van der Waals surface area contributed by atoms with Gasteiger partial charge >= 0.3 is 0 Å². The molecule has 2 atom stereocenters. The highest BCUT2D eigenvalue weighted by Crippen LogP contribution is 2.54. The summed E-state index contributed by atoms with van der Waals surface area (Å²) < 4.78 is 17.9. The average molecular weight is 571 g/mol. The summed E-state index contributed by atoms with van der Waals surface area (Å²) in [7, 11) is 3.25. The summed E-state index contributed by atoms with van der Waals surface area (Å²) in [4.78, 5) is 14.2. The van der Waals surface area contributed by atoms with Crippen LogP contribution >= 0.6 is 0 Å². The molecule has 0 heterocycles. The lowest BCUT2D eigenvalue weighted by molar-refractivity contribution is 0.102. The van der Waals surface area contributed by atoms with Crippen molar-refractivity contribution in [3.8, 4) is 23.0 Å². The normalized spacial score (nSPS) is 18.8. The Balaban J connectivity index is 0.00000198. The first-order chi connectivity index (χ1) is 20.2. The molecular weight excluding hydrogens is 524 g/mol. The number of ether oxygens (including phenoxy) is 3. The number of hydrogen-bond acceptors (Lipinski definition) is 5. The zero-order valence-corrected chi connectivity index (χ0v) is 26.5. The van der Waals surface area contributed by atoms with Gasteiger partial charge in [-0.05, 0) is 73.3 Å². The topological polar surface area (TPSA) is 65.0 Å². The molecular formula is C37H46O5. The van der Waals surface area contributed by atoms with Crippen LogP contribution in [0, 0.1) is 11.3 Å². The lowest BCUT2D eigenvalue weighted by Crippen LogP contribution is -2.28. The van der Waals surface area contributed by atoms with E-state index < -0.39 is 0 Å². The number of phenols is 1. The van der Waals surface area contributed by atoms with Crippen molar-refractivity contribution in [1.82, 2.24) is 0 Å². The third-order valence-electron chi connectivity index (χ3n) is 9.08. The van der Waals surface area contributed by atoms with Crippen molar-refractivity contribution in [2.24, 2.45) is 11.3 Å². The van der Waals surface area contributed by atoms with Gasteiger partial charge in [0.2, 0.25) is 5.78 Å². The minimum atomic E-state index is -0.261. The molecule has 0 bridgehead atoms. The highest BCUT2D eigenvalue weighted by atomic mass is 16.5. The van der Waals surface area contributed by atoms with Crippen LogP contribution in [0.15, 0.2) is 65.7 Å². The van der Waals surface area contributed by atoms with Crippen molar-refractivity contribution < 1.29 is 24.1 Å². The summed E-state index contributed by atoms with van der Waals surface area (Å²) in [6.07, 6.45) is 4.12. The van der Waals surface area contributed by atoms with E-state index in [4.69, 9.17) is 14.2 Å². The highest BCUT2D eigenvalue weighted by molar-refractivity contribution is 6.16. The van der Waals surface area contributed by atoms with Gasteiger partial charge in [-0.1, -0.05) is 76.1 Å². The number of allylic oxidation sites excluding steroid dienone is 2. The van der Waals surface area contributed by atoms with Crippen molar-refractivity contribution >= 4 is 5.78 Å². The molecule has 5 heteroatoms. The van der Waals surface area contributed by atoms with Crippen LogP contribution in [0.3, 0.4) is 0 Å². The maximum absolute atomic E-state index is 14.2. The second kappa shape index (κ2) is 13.1. The predicted octanol–water partition coefficient (Wildman–Crippen LogP) is 9.24. The zero-order valence-electron chi connectivity index (χ0n) is 26.5. The lowest BCUT2D eigenvalue weighted by atomic mass is 9.64. The lowest BCUT2D eigenvalue weighted by Gasteiger charge is -2.41. The second-order valence-corrected chi connectivity index (χ2v) is 11.7. The monoisotopic (exact) mass is 570 g/mol. The van der Waals surface area contributed by atoms with Gasteiger partial charge < -0.3 is 19.3 Å². The molecule has 0 saturated carbocycles. The maximum Gasteiger partial charge on any atom is 0.201 e. The molecule has 224 valence electrons. The number of hydrogen-bond donors (Lipinski definition) is 1. The van der Waals surface area contributed by atoms with E-state index in [-0.39, 0.29) is 22.9 Å². The Morgan fingerprint density at radius 1 is 0.952 bits per heavy atom. The van der Waals surface area contributed by atoms with Crippen LogP contribution in [0.5, 0.6) is 23.0 Å². The summed E-state index contributed by atoms with van der Waals surface area (Å²) in [5.41, 5.74) is 6.24. The standard InChI is InChI=1S/C35H40O5.C2H6/c1-7-23-15-16-35(3,4)27(21(23)2)19-26-25-17-24(38-5)18-30(40-20-22-11-9-8-10-12-22)32(25)34(37)33-28(36)13-14-29(39-6)31(26)33;1-2/h8-14,17-18,23,26,36H,7,15-16,19-20H2,1-6H3;1-2H3/t23-,26+;/m1./s1. The number of aromatic hydroxyl groups is 1. The number of benzene rings is 3. The van der Waals surface area contributed by atoms with E-state index >= 15 is 0 Å². The first-order valence-corrected chi connectivity index (χ1v) is 15.2. The van der Waals surface area contributed by atoms with Crippen LogP contribution < -0.4 is 14.2 Å². The summed E-state index contributed by atoms with van der Waals surface area (Å²) in [5, 5.41) is 11.1. The molecule has 0 spiro atoms. The predicted molar refractivity (Wildman–Crippen MR) is 169 cm³/mol. The smallest absolute Gasteiger partial charge is 0.201 e. The number of ketones is 1. The van der Waals surface area contributed by atoms with Gasteiger partial charge in [-0.3, -0.25) is 4.79 Å². The molecule has 5 nitrogen and oxygen atoms in total. The van der Waals surface area contributed by atoms with E-state index in [9.17, 15) is 9.90 Å². The SMILES string of the molecule is CC.CC[C@@H]1CCC(C)(C)C(C[C@H]2c3cc(OC)cc(OCc4ccccc4)c3C(=O)c3c(O)ccc(OC)c32)=C1C. The molecule has 2 aliphatic carbocycles. The number of methoxy groups -OCH3 is 2. The molecule has 3 aromatic rings. The first-order valence-electron chi connectivity index (χ1n) is 15.2. The van der Waals surface area contributed by atoms with E-state index in [0.717, 1.165) is 29.5 Å². The van der Waals surface area contributed by atoms with E-state index in [1.54, 1.807) is 32.4 Å². The van der Waals surface area contributed by atoms with E-state index in [0.29, 0.717) is 47.3 Å². The van der Waals surface area contributed by atoms with Gasteiger partial charge in [-0.15, -0.1) is 0 Å². The van der Waals surface area contributed by atoms with Crippen LogP contribution in [0.25, 0.3) is 0 Å². The number of carbonyl (C=O) groups is 1. The number of phenolic OH excluding ortho intramolecular Hbond substituents is 1. The average Bonchev–Trinajstić information content (AvgIpc) is 3.00. The van der Waals surface area contributed by atoms with Crippen LogP contribution in [-0.2, 0) is 6.61 Å². The molecule has 0 amide bonds. The Hall–Kier alpha value is -3.73. The van der Waals surface area contributed by atoms with Crippen molar-refractivity contribution in [2.75, 3.05) is 14.2 Å². The number of fused-ring (bicyclic) bond motifs is 2. The molecule has 0 fully saturated rings. The molecule has 3 aromatic carbocycles. The molecule has 2 aliphatic rings. The van der Waals surface area contributed by atoms with Crippen LogP contribution in [0.2, 0.25) is 0 Å². The maximum atomic E-state index is 14.2. The quantitative estimate of drug-likeness (QED) is 0.274. The molecule has 0 radical (unpaired) electrons. The van der Waals surface area contributed by atoms with E-state index in [2.05, 4.69) is 27.7 Å². The second-order valence-electron chi connectivity index (χ2n) is 11.7. The third kappa shape index (κ3) is 5.79. The summed E-state index contributed by atoms with van der Waals surface area (Å²) in [6, 6.07) is 16.9. The third-order valence-corrected chi connectivity index (χ3v) is 9.08. The van der Waals surface area contributed by atoms with Crippen LogP contribution in [0.4, 0.5) is 0 Å². The number of rotatable bonds is 8. The highest BCUT2D eigenvalue weighted by Gasteiger charge is 2.41. The van der Waals surface area contributed by atoms with Gasteiger partial charge in [-0.2, -0.15) is 0 Å². The van der Waals surface area contributed by atoms with Gasteiger partial charge in [0.25, 0.3) is 0 Å². The molecule has 0 unspecified atom stereocenters. The molecule has 42 heavy (non-hydrogen) atoms. The Morgan fingerprint density at radius 3 is 2.31 bits per heavy atom. The van der Waals surface area contributed by atoms with Crippen molar-refractivity contribution in [3.05, 3.63) is 93.6 Å². The Morgan fingerprint density at radius 2 is 1.67 bits per heavy atom. The Bertz CT molecular complexity index is 1450. The van der Waals surface area contributed by atoms with Crippen LogP contribution in [0.1, 0.15) is 106 Å². The fourth-order valence-electron chi connectivity index (χ4n) is 6.77. The number of carbonyl (C=O) groups excluding carboxylic acids is 1. The van der Waals surface area contributed by atoms with Gasteiger partial charge in [0.1, 0.15) is 29.6 Å². The fourth-order valence-corrected chi connectivity index (χ4v) is 6.77. The first kappa shape index (κ1) is 31.2. The minimum absolute atomic E-state index is 0.0209. The largest absolute Gasteiger partial charge is 0.507 e. The minimum Gasteiger partial charge on any atom is -0.507 e. The molecule has 0 aliphatic heterocycles. The fraction of sp³-hybridized carbons (Fsp3) is 0.432. The Labute approximate surface area is 251 Å². The molecule has 1 N–H and O–H groups in total. The molecule has 5 rings (SSSR count). The van der Waals surface area contributed by atoms with E-state index in [1.165, 1.54) is 17.6 Å². The van der Waals surface area contributed by atoms with Gasteiger partial charge in [0, 0.05) is 17.5 Å². The van der Waals surface area contributed by atoms with Gasteiger partial charge in [0.05, 0.1) is 25.3 Å². The van der Waals surface area contributed by atoms with Gasteiger partial charge in [0.15, 0.2) is 0 Å². The summed E-state index contributed by atoms with van der Waals surface area (Å²) in [6.45, 7) is 13.5. The van der Waals surface area contributed by atoms with Crippen LogP contribution in [-0.4, -0.2) is 25.1 Å². The van der Waals surface area contributed by atoms with Crippen molar-refractivity contribution in [2.45, 2.75) is 79.8 Å². The Kier molecular flexibility index (Phi) is 9.71. The molecule has 0 aromatic heterocycles. The molecule has 0 saturated heterocycles. The summed E-state index contributed by atoms with van der Waals surface area (Å²) in [5.74, 6) is 1.71. The summed E-state index contributed by atoms with van der Waals surface area (Å²) >= 11 is 0. The van der Waals surface area contributed by atoms with Crippen molar-refractivity contribution in [3.63, 3.8) is 0 Å². The zero-order chi connectivity index (χ0) is 30.6.